The van der Waals surface area contributed by atoms with Gasteiger partial charge in [0.05, 0.1) is 6.17 Å². The van der Waals surface area contributed by atoms with Crippen LogP contribution in [0.1, 0.15) is 44.6 Å². The molecule has 1 aromatic rings. The van der Waals surface area contributed by atoms with Gasteiger partial charge in [0.15, 0.2) is 0 Å². The van der Waals surface area contributed by atoms with Gasteiger partial charge >= 0.3 is 6.09 Å². The van der Waals surface area contributed by atoms with E-state index in [0.29, 0.717) is 6.61 Å². The highest BCUT2D eigenvalue weighted by atomic mass is 16.5. The van der Waals surface area contributed by atoms with E-state index in [1.54, 1.807) is 0 Å². The van der Waals surface area contributed by atoms with Crippen LogP contribution in [0.3, 0.4) is 0 Å². The number of nitrogens with one attached hydrogen (secondary N) is 1. The lowest BCUT2D eigenvalue weighted by Crippen LogP contribution is -2.47. The molecule has 1 aliphatic heterocycles. The van der Waals surface area contributed by atoms with Crippen LogP contribution in [0.4, 0.5) is 4.79 Å². The Morgan fingerprint density at radius 2 is 2.00 bits per heavy atom. The zero-order valence-electron chi connectivity index (χ0n) is 12.9. The maximum Gasteiger partial charge on any atom is 0.408 e. The highest BCUT2D eigenvalue weighted by molar-refractivity contribution is 5.67. The first-order valence-electron chi connectivity index (χ1n) is 8.01. The summed E-state index contributed by atoms with van der Waals surface area (Å²) in [5, 5.41) is 3.03. The number of alkyl carbamates (subject to hydrolysis) is 1. The van der Waals surface area contributed by atoms with Crippen LogP contribution in [-0.2, 0) is 11.3 Å². The predicted molar refractivity (Wildman–Crippen MR) is 83.9 cm³/mol. The third-order valence-corrected chi connectivity index (χ3v) is 3.91. The summed E-state index contributed by atoms with van der Waals surface area (Å²) in [7, 11) is 0. The second-order valence-corrected chi connectivity index (χ2v) is 5.61. The lowest BCUT2D eigenvalue weighted by atomic mass is 10.2. The molecule has 1 heterocycles. The molecule has 1 aliphatic rings. The average molecular weight is 290 g/mol. The van der Waals surface area contributed by atoms with E-state index in [1.807, 2.05) is 30.3 Å². The minimum atomic E-state index is -0.313. The standard InChI is InChI=1S/C17H26N2O2/c1-2-3-11-16(19-12-7-8-13-19)18-17(20)21-14-15-9-5-4-6-10-15/h4-6,9-10,16H,2-3,7-8,11-14H2,1H3,(H,18,20). The van der Waals surface area contributed by atoms with Gasteiger partial charge in [-0.05, 0) is 24.8 Å². The van der Waals surface area contributed by atoms with Gasteiger partial charge in [-0.2, -0.15) is 0 Å². The van der Waals surface area contributed by atoms with Gasteiger partial charge in [-0.15, -0.1) is 0 Å². The molecule has 0 radical (unpaired) electrons. The molecular weight excluding hydrogens is 264 g/mol. The molecule has 1 N–H and O–H groups in total. The number of ether oxygens (including phenoxy) is 1. The highest BCUT2D eigenvalue weighted by Crippen LogP contribution is 2.14. The monoisotopic (exact) mass is 290 g/mol. The third-order valence-electron chi connectivity index (χ3n) is 3.91. The molecule has 0 saturated carbocycles. The highest BCUT2D eigenvalue weighted by Gasteiger charge is 2.23. The summed E-state index contributed by atoms with van der Waals surface area (Å²) in [6, 6.07) is 9.78. The molecule has 116 valence electrons. The number of benzene rings is 1. The van der Waals surface area contributed by atoms with Gasteiger partial charge in [-0.3, -0.25) is 4.90 Å². The molecular formula is C17H26N2O2. The van der Waals surface area contributed by atoms with Crippen molar-refractivity contribution >= 4 is 6.09 Å². The van der Waals surface area contributed by atoms with Crippen molar-refractivity contribution in [3.63, 3.8) is 0 Å². The Hall–Kier alpha value is -1.55. The fourth-order valence-electron chi connectivity index (χ4n) is 2.70. The van der Waals surface area contributed by atoms with Crippen LogP contribution >= 0.6 is 0 Å². The lowest BCUT2D eigenvalue weighted by Gasteiger charge is -2.28. The smallest absolute Gasteiger partial charge is 0.408 e. The van der Waals surface area contributed by atoms with Crippen molar-refractivity contribution in [2.45, 2.75) is 51.8 Å². The van der Waals surface area contributed by atoms with E-state index in [2.05, 4.69) is 17.1 Å². The topological polar surface area (TPSA) is 41.6 Å². The number of carbonyl (C=O) groups is 1. The molecule has 0 aliphatic carbocycles. The number of likely N-dealkylation sites (tertiary alicyclic amines) is 1. The summed E-state index contributed by atoms with van der Waals surface area (Å²) in [5.41, 5.74) is 1.01. The quantitative estimate of drug-likeness (QED) is 0.835. The normalized spacial score (nSPS) is 16.6. The number of unbranched alkanes of at least 4 members (excludes halogenated alkanes) is 1. The minimum Gasteiger partial charge on any atom is -0.445 e. The first-order valence-corrected chi connectivity index (χ1v) is 8.01. The van der Waals surface area contributed by atoms with E-state index in [-0.39, 0.29) is 12.3 Å². The van der Waals surface area contributed by atoms with Gasteiger partial charge in [-0.1, -0.05) is 50.1 Å². The molecule has 1 amide bonds. The van der Waals surface area contributed by atoms with E-state index in [9.17, 15) is 4.79 Å². The molecule has 0 spiro atoms. The number of carbonyl (C=O) groups excluding carboxylic acids is 1. The Morgan fingerprint density at radius 3 is 2.67 bits per heavy atom. The number of rotatable bonds is 7. The molecule has 1 unspecified atom stereocenters. The second kappa shape index (κ2) is 8.67. The zero-order chi connectivity index (χ0) is 14.9. The van der Waals surface area contributed by atoms with Crippen LogP contribution in [0.15, 0.2) is 30.3 Å². The molecule has 4 nitrogen and oxygen atoms in total. The number of amides is 1. The van der Waals surface area contributed by atoms with Crippen molar-refractivity contribution in [1.29, 1.82) is 0 Å². The molecule has 21 heavy (non-hydrogen) atoms. The molecule has 4 heteroatoms. The SMILES string of the molecule is CCCCC(NC(=O)OCc1ccccc1)N1CCCC1. The van der Waals surface area contributed by atoms with E-state index in [4.69, 9.17) is 4.74 Å². The van der Waals surface area contributed by atoms with E-state index in [1.165, 1.54) is 12.8 Å². The molecule has 1 atom stereocenters. The first-order chi connectivity index (χ1) is 10.3. The maximum atomic E-state index is 12.0. The second-order valence-electron chi connectivity index (χ2n) is 5.61. The summed E-state index contributed by atoms with van der Waals surface area (Å²) < 4.78 is 5.32. The molecule has 1 saturated heterocycles. The van der Waals surface area contributed by atoms with Crippen LogP contribution in [0, 0.1) is 0 Å². The number of hydrogen-bond acceptors (Lipinski definition) is 3. The first kappa shape index (κ1) is 15.8. The minimum absolute atomic E-state index is 0.121. The predicted octanol–water partition coefficient (Wildman–Crippen LogP) is 3.52. The summed E-state index contributed by atoms with van der Waals surface area (Å²) in [4.78, 5) is 14.3. The third kappa shape index (κ3) is 5.38. The van der Waals surface area contributed by atoms with E-state index < -0.39 is 0 Å². The van der Waals surface area contributed by atoms with Gasteiger partial charge < -0.3 is 10.1 Å². The maximum absolute atomic E-state index is 12.0. The van der Waals surface area contributed by atoms with Gasteiger partial charge in [0.1, 0.15) is 6.61 Å². The van der Waals surface area contributed by atoms with Crippen LogP contribution < -0.4 is 5.32 Å². The Balaban J connectivity index is 1.79. The summed E-state index contributed by atoms with van der Waals surface area (Å²) in [6.07, 6.45) is 5.53. The number of hydrogen-bond donors (Lipinski definition) is 1. The van der Waals surface area contributed by atoms with Crippen LogP contribution in [0.5, 0.6) is 0 Å². The zero-order valence-corrected chi connectivity index (χ0v) is 12.9. The van der Waals surface area contributed by atoms with Gasteiger partial charge in [-0.25, -0.2) is 4.79 Å². The fourth-order valence-corrected chi connectivity index (χ4v) is 2.70. The van der Waals surface area contributed by atoms with Crippen LogP contribution in [-0.4, -0.2) is 30.2 Å². The van der Waals surface area contributed by atoms with Crippen molar-refractivity contribution in [3.05, 3.63) is 35.9 Å². The Labute approximate surface area is 127 Å². The molecule has 0 aromatic heterocycles. The Morgan fingerprint density at radius 1 is 1.29 bits per heavy atom. The van der Waals surface area contributed by atoms with Crippen molar-refractivity contribution in [1.82, 2.24) is 10.2 Å². The van der Waals surface area contributed by atoms with Crippen molar-refractivity contribution < 1.29 is 9.53 Å². The lowest BCUT2D eigenvalue weighted by molar-refractivity contribution is 0.114. The van der Waals surface area contributed by atoms with Crippen molar-refractivity contribution in [2.75, 3.05) is 13.1 Å². The molecule has 1 aromatic carbocycles. The summed E-state index contributed by atoms with van der Waals surface area (Å²) in [6.45, 7) is 4.66. The van der Waals surface area contributed by atoms with Crippen LogP contribution in [0.2, 0.25) is 0 Å². The van der Waals surface area contributed by atoms with Gasteiger partial charge in [0.2, 0.25) is 0 Å². The summed E-state index contributed by atoms with van der Waals surface area (Å²) in [5.74, 6) is 0. The van der Waals surface area contributed by atoms with Crippen molar-refractivity contribution in [2.24, 2.45) is 0 Å². The Bertz CT molecular complexity index is 416. The molecule has 2 rings (SSSR count). The van der Waals surface area contributed by atoms with Crippen molar-refractivity contribution in [3.8, 4) is 0 Å². The van der Waals surface area contributed by atoms with Gasteiger partial charge in [0.25, 0.3) is 0 Å². The number of nitrogens with zero attached hydrogens (tertiary/aromatic N) is 1. The van der Waals surface area contributed by atoms with E-state index in [0.717, 1.165) is 37.9 Å². The summed E-state index contributed by atoms with van der Waals surface area (Å²) >= 11 is 0. The largest absolute Gasteiger partial charge is 0.445 e. The molecule has 0 bridgehead atoms. The molecule has 1 fully saturated rings. The van der Waals surface area contributed by atoms with Crippen LogP contribution in [0.25, 0.3) is 0 Å². The fraction of sp³-hybridized carbons (Fsp3) is 0.588. The van der Waals surface area contributed by atoms with Gasteiger partial charge in [0, 0.05) is 13.1 Å². The Kier molecular flexibility index (Phi) is 6.54. The van der Waals surface area contributed by atoms with E-state index >= 15 is 0 Å². The average Bonchev–Trinajstić information content (AvgIpc) is 3.04.